The minimum atomic E-state index is 0.125. The van der Waals surface area contributed by atoms with E-state index in [0.29, 0.717) is 25.5 Å². The average molecular weight is 380 g/mol. The van der Waals surface area contributed by atoms with Gasteiger partial charge in [-0.1, -0.05) is 18.2 Å². The molecule has 4 rings (SSSR count). The number of amides is 1. The number of benzene rings is 1. The Hall–Kier alpha value is -2.47. The number of hydrogen-bond acceptors (Lipinski definition) is 5. The zero-order chi connectivity index (χ0) is 19.3. The fraction of sp³-hybridized carbons (Fsp3) is 0.500. The second kappa shape index (κ2) is 8.69. The van der Waals surface area contributed by atoms with E-state index in [1.54, 1.807) is 0 Å². The van der Waals surface area contributed by atoms with Crippen LogP contribution in [0.15, 0.2) is 30.5 Å². The molecule has 1 aromatic heterocycles. The van der Waals surface area contributed by atoms with Crippen molar-refractivity contribution >= 4 is 5.91 Å². The minimum Gasteiger partial charge on any atom is -0.493 e. The summed E-state index contributed by atoms with van der Waals surface area (Å²) in [6, 6.07) is 7.88. The highest BCUT2D eigenvalue weighted by Crippen LogP contribution is 2.23. The van der Waals surface area contributed by atoms with Gasteiger partial charge >= 0.3 is 0 Å². The van der Waals surface area contributed by atoms with Gasteiger partial charge in [-0.15, -0.1) is 0 Å². The van der Waals surface area contributed by atoms with Gasteiger partial charge < -0.3 is 15.0 Å². The molecule has 0 spiro atoms. The van der Waals surface area contributed by atoms with Crippen molar-refractivity contribution in [3.05, 3.63) is 53.1 Å². The predicted molar refractivity (Wildman–Crippen MR) is 107 cm³/mol. The van der Waals surface area contributed by atoms with Crippen molar-refractivity contribution in [2.45, 2.75) is 45.1 Å². The van der Waals surface area contributed by atoms with Gasteiger partial charge in [-0.2, -0.15) is 0 Å². The van der Waals surface area contributed by atoms with Crippen molar-refractivity contribution in [2.75, 3.05) is 26.2 Å². The highest BCUT2D eigenvalue weighted by atomic mass is 16.5. The fourth-order valence-electron chi connectivity index (χ4n) is 3.94. The number of hydrogen-bond donors (Lipinski definition) is 1. The number of piperidine rings is 1. The summed E-state index contributed by atoms with van der Waals surface area (Å²) in [4.78, 5) is 23.9. The maximum Gasteiger partial charge on any atom is 0.226 e. The zero-order valence-electron chi connectivity index (χ0n) is 16.5. The summed E-state index contributed by atoms with van der Waals surface area (Å²) in [5.41, 5.74) is 3.27. The number of nitrogens with one attached hydrogen (secondary N) is 1. The molecule has 6 nitrogen and oxygen atoms in total. The van der Waals surface area contributed by atoms with E-state index in [0.717, 1.165) is 60.9 Å². The van der Waals surface area contributed by atoms with Gasteiger partial charge in [0.05, 0.1) is 18.7 Å². The summed E-state index contributed by atoms with van der Waals surface area (Å²) in [5.74, 6) is 2.34. The highest BCUT2D eigenvalue weighted by molar-refractivity contribution is 5.76. The summed E-state index contributed by atoms with van der Waals surface area (Å²) < 4.78 is 5.77. The summed E-state index contributed by atoms with van der Waals surface area (Å²) in [7, 11) is 0. The van der Waals surface area contributed by atoms with Crippen LogP contribution >= 0.6 is 0 Å². The molecule has 28 heavy (non-hydrogen) atoms. The van der Waals surface area contributed by atoms with Gasteiger partial charge in [0, 0.05) is 43.7 Å². The topological polar surface area (TPSA) is 67.3 Å². The Morgan fingerprint density at radius 2 is 2.25 bits per heavy atom. The monoisotopic (exact) mass is 380 g/mol. The molecule has 2 aliphatic heterocycles. The zero-order valence-corrected chi connectivity index (χ0v) is 16.5. The molecule has 0 bridgehead atoms. The van der Waals surface area contributed by atoms with Crippen molar-refractivity contribution in [3.63, 3.8) is 0 Å². The van der Waals surface area contributed by atoms with Gasteiger partial charge in [0.2, 0.25) is 5.91 Å². The maximum absolute atomic E-state index is 12.6. The molecule has 1 aromatic carbocycles. The van der Waals surface area contributed by atoms with Crippen molar-refractivity contribution in [3.8, 4) is 5.75 Å². The SMILES string of the molecule is Cc1ccccc1OCCC(=O)N1CCc2nc([C@@H]3CCCNC3)ncc2C1. The normalized spacial score (nSPS) is 19.2. The molecular formula is C22H28N4O2. The lowest BCUT2D eigenvalue weighted by molar-refractivity contribution is -0.132. The van der Waals surface area contributed by atoms with Crippen LogP contribution in [-0.4, -0.2) is 47.0 Å². The number of rotatable bonds is 5. The van der Waals surface area contributed by atoms with Crippen molar-refractivity contribution in [1.29, 1.82) is 0 Å². The smallest absolute Gasteiger partial charge is 0.226 e. The van der Waals surface area contributed by atoms with E-state index >= 15 is 0 Å². The molecule has 2 aliphatic rings. The Bertz CT molecular complexity index is 833. The molecule has 0 unspecified atom stereocenters. The Kier molecular flexibility index (Phi) is 5.86. The van der Waals surface area contributed by atoms with Crippen LogP contribution in [0.1, 0.15) is 47.8 Å². The van der Waals surface area contributed by atoms with Gasteiger partial charge in [0.25, 0.3) is 0 Å². The van der Waals surface area contributed by atoms with Crippen LogP contribution in [-0.2, 0) is 17.8 Å². The van der Waals surface area contributed by atoms with Crippen LogP contribution in [0.3, 0.4) is 0 Å². The quantitative estimate of drug-likeness (QED) is 0.864. The van der Waals surface area contributed by atoms with E-state index < -0.39 is 0 Å². The van der Waals surface area contributed by atoms with Crippen LogP contribution in [0.2, 0.25) is 0 Å². The average Bonchev–Trinajstić information content (AvgIpc) is 2.75. The first-order valence-corrected chi connectivity index (χ1v) is 10.2. The lowest BCUT2D eigenvalue weighted by Gasteiger charge is -2.29. The number of aryl methyl sites for hydroxylation is 1. The largest absolute Gasteiger partial charge is 0.493 e. The van der Waals surface area contributed by atoms with Crippen molar-refractivity contribution in [2.24, 2.45) is 0 Å². The highest BCUT2D eigenvalue weighted by Gasteiger charge is 2.24. The molecule has 0 radical (unpaired) electrons. The van der Waals surface area contributed by atoms with E-state index in [1.807, 2.05) is 42.3 Å². The predicted octanol–water partition coefficient (Wildman–Crippen LogP) is 2.61. The molecule has 3 heterocycles. The Balaban J connectivity index is 1.32. The molecule has 148 valence electrons. The lowest BCUT2D eigenvalue weighted by atomic mass is 9.98. The molecule has 0 aliphatic carbocycles. The van der Waals surface area contributed by atoms with Gasteiger partial charge in [0.1, 0.15) is 11.6 Å². The number of nitrogens with zero attached hydrogens (tertiary/aromatic N) is 3. The van der Waals surface area contributed by atoms with Crippen LogP contribution < -0.4 is 10.1 Å². The number of carbonyl (C=O) groups excluding carboxylic acids is 1. The summed E-state index contributed by atoms with van der Waals surface area (Å²) in [5, 5.41) is 3.43. The number of aromatic nitrogens is 2. The first kappa shape index (κ1) is 18.9. The molecule has 1 fully saturated rings. The van der Waals surface area contributed by atoms with Gasteiger partial charge in [-0.3, -0.25) is 4.79 Å². The van der Waals surface area contributed by atoms with Crippen molar-refractivity contribution in [1.82, 2.24) is 20.2 Å². The first-order valence-electron chi connectivity index (χ1n) is 10.2. The van der Waals surface area contributed by atoms with Crippen LogP contribution in [0.4, 0.5) is 0 Å². The Labute approximate surface area is 166 Å². The molecule has 1 saturated heterocycles. The third-order valence-electron chi connectivity index (χ3n) is 5.63. The van der Waals surface area contributed by atoms with Crippen molar-refractivity contribution < 1.29 is 9.53 Å². The number of fused-ring (bicyclic) bond motifs is 1. The molecule has 1 N–H and O–H groups in total. The summed E-state index contributed by atoms with van der Waals surface area (Å²) in [6.07, 6.45) is 5.44. The molecule has 1 amide bonds. The molecule has 0 saturated carbocycles. The third-order valence-corrected chi connectivity index (χ3v) is 5.63. The number of para-hydroxylation sites is 1. The standard InChI is InChI=1S/C22H28N4O2/c1-16-5-2-3-7-20(16)28-12-9-21(27)26-11-8-19-18(15-26)14-24-22(25-19)17-6-4-10-23-13-17/h2-3,5,7,14,17,23H,4,6,8-13,15H2,1H3/t17-/m1/s1. The van der Waals surface area contributed by atoms with Gasteiger partial charge in [-0.05, 0) is 37.9 Å². The number of carbonyl (C=O) groups is 1. The Morgan fingerprint density at radius 3 is 3.07 bits per heavy atom. The van der Waals surface area contributed by atoms with Gasteiger partial charge in [0.15, 0.2) is 0 Å². The van der Waals surface area contributed by atoms with E-state index in [1.165, 1.54) is 6.42 Å². The van der Waals surface area contributed by atoms with E-state index in [2.05, 4.69) is 10.3 Å². The minimum absolute atomic E-state index is 0.125. The van der Waals surface area contributed by atoms with E-state index in [9.17, 15) is 4.79 Å². The van der Waals surface area contributed by atoms with Crippen LogP contribution in [0.25, 0.3) is 0 Å². The molecule has 6 heteroatoms. The first-order chi connectivity index (χ1) is 13.7. The fourth-order valence-corrected chi connectivity index (χ4v) is 3.94. The molecular weight excluding hydrogens is 352 g/mol. The van der Waals surface area contributed by atoms with Gasteiger partial charge in [-0.25, -0.2) is 9.97 Å². The third kappa shape index (κ3) is 4.33. The Morgan fingerprint density at radius 1 is 1.36 bits per heavy atom. The maximum atomic E-state index is 12.6. The van der Waals surface area contributed by atoms with E-state index in [-0.39, 0.29) is 5.91 Å². The van der Waals surface area contributed by atoms with E-state index in [4.69, 9.17) is 9.72 Å². The second-order valence-electron chi connectivity index (χ2n) is 7.67. The van der Waals surface area contributed by atoms with Crippen LogP contribution in [0, 0.1) is 6.92 Å². The molecule has 2 aromatic rings. The van der Waals surface area contributed by atoms with Crippen LogP contribution in [0.5, 0.6) is 5.75 Å². The number of ether oxygens (including phenoxy) is 1. The molecule has 1 atom stereocenters. The second-order valence-corrected chi connectivity index (χ2v) is 7.67. The lowest BCUT2D eigenvalue weighted by Crippen LogP contribution is -2.37. The summed E-state index contributed by atoms with van der Waals surface area (Å²) >= 11 is 0. The summed E-state index contributed by atoms with van der Waals surface area (Å²) in [6.45, 7) is 5.78.